The second-order valence-corrected chi connectivity index (χ2v) is 5.74. The van der Waals surface area contributed by atoms with E-state index in [0.717, 1.165) is 38.4 Å². The van der Waals surface area contributed by atoms with Gasteiger partial charge in [-0.1, -0.05) is 0 Å². The third-order valence-electron chi connectivity index (χ3n) is 4.86. The Morgan fingerprint density at radius 1 is 1.35 bits per heavy atom. The van der Waals surface area contributed by atoms with Gasteiger partial charge in [-0.3, -0.25) is 4.79 Å². The molecule has 3 aliphatic rings. The predicted octanol–water partition coefficient (Wildman–Crippen LogP) is 0.766. The fourth-order valence-corrected chi connectivity index (χ4v) is 3.77. The van der Waals surface area contributed by atoms with Gasteiger partial charge in [0, 0.05) is 19.7 Å². The van der Waals surface area contributed by atoms with Crippen LogP contribution in [0.5, 0.6) is 0 Å². The molecule has 2 atom stereocenters. The zero-order valence-electron chi connectivity index (χ0n) is 10.6. The summed E-state index contributed by atoms with van der Waals surface area (Å²) in [5.74, 6) is 1.02. The van der Waals surface area contributed by atoms with Gasteiger partial charge in [0.2, 0.25) is 0 Å². The first-order chi connectivity index (χ1) is 8.25. The summed E-state index contributed by atoms with van der Waals surface area (Å²) in [6.45, 7) is 2.76. The minimum Gasteiger partial charge on any atom is -0.368 e. The number of nitrogens with one attached hydrogen (secondary N) is 1. The van der Waals surface area contributed by atoms with Crippen LogP contribution < -0.4 is 5.32 Å². The number of nitrogens with zero attached hydrogens (tertiary/aromatic N) is 1. The molecule has 1 amide bonds. The smallest absolute Gasteiger partial charge is 0.255 e. The standard InChI is InChI=1S/C13H22N2O2/c1-17-13(4-6-14-7-5-13)12(16)15-9-10-2-3-11(15)8-10/h10-11,14H,2-9H2,1H3. The Morgan fingerprint density at radius 3 is 2.65 bits per heavy atom. The Bertz CT molecular complexity index is 313. The third-order valence-corrected chi connectivity index (χ3v) is 4.86. The van der Waals surface area contributed by atoms with Crippen molar-refractivity contribution in [3.05, 3.63) is 0 Å². The third kappa shape index (κ3) is 1.78. The molecule has 0 aromatic heterocycles. The number of hydrogen-bond donors (Lipinski definition) is 1. The lowest BCUT2D eigenvalue weighted by Gasteiger charge is -2.40. The van der Waals surface area contributed by atoms with E-state index >= 15 is 0 Å². The Morgan fingerprint density at radius 2 is 2.12 bits per heavy atom. The highest BCUT2D eigenvalue weighted by Gasteiger charge is 2.48. The molecule has 17 heavy (non-hydrogen) atoms. The molecule has 2 saturated heterocycles. The average molecular weight is 238 g/mol. The molecule has 1 saturated carbocycles. The van der Waals surface area contributed by atoms with Crippen LogP contribution in [0.15, 0.2) is 0 Å². The lowest BCUT2D eigenvalue weighted by Crippen LogP contribution is -2.56. The van der Waals surface area contributed by atoms with Crippen LogP contribution in [-0.2, 0) is 9.53 Å². The van der Waals surface area contributed by atoms with Gasteiger partial charge in [-0.05, 0) is 51.1 Å². The Kier molecular flexibility index (Phi) is 2.87. The number of likely N-dealkylation sites (tertiary alicyclic amines) is 1. The van der Waals surface area contributed by atoms with Gasteiger partial charge in [-0.2, -0.15) is 0 Å². The van der Waals surface area contributed by atoms with Gasteiger partial charge in [-0.25, -0.2) is 0 Å². The number of ether oxygens (including phenoxy) is 1. The summed E-state index contributed by atoms with van der Waals surface area (Å²) in [4.78, 5) is 14.8. The summed E-state index contributed by atoms with van der Waals surface area (Å²) < 4.78 is 5.63. The maximum Gasteiger partial charge on any atom is 0.255 e. The molecular weight excluding hydrogens is 216 g/mol. The molecule has 3 rings (SSSR count). The zero-order chi connectivity index (χ0) is 11.9. The normalized spacial score (nSPS) is 35.2. The van der Waals surface area contributed by atoms with Crippen molar-refractivity contribution in [1.82, 2.24) is 10.2 Å². The summed E-state index contributed by atoms with van der Waals surface area (Å²) in [5, 5.41) is 3.30. The predicted molar refractivity (Wildman–Crippen MR) is 64.7 cm³/mol. The van der Waals surface area contributed by atoms with E-state index in [1.54, 1.807) is 7.11 Å². The van der Waals surface area contributed by atoms with Crippen molar-refractivity contribution in [3.8, 4) is 0 Å². The Labute approximate surface area is 103 Å². The summed E-state index contributed by atoms with van der Waals surface area (Å²) in [7, 11) is 1.69. The largest absolute Gasteiger partial charge is 0.368 e. The summed E-state index contributed by atoms with van der Waals surface area (Å²) >= 11 is 0. The maximum absolute atomic E-state index is 12.7. The fraction of sp³-hybridized carbons (Fsp3) is 0.923. The molecule has 0 aromatic rings. The van der Waals surface area contributed by atoms with E-state index in [1.165, 1.54) is 19.3 Å². The van der Waals surface area contributed by atoms with Gasteiger partial charge >= 0.3 is 0 Å². The minimum atomic E-state index is -0.532. The van der Waals surface area contributed by atoms with Crippen molar-refractivity contribution in [2.24, 2.45) is 5.92 Å². The van der Waals surface area contributed by atoms with Gasteiger partial charge in [0.1, 0.15) is 5.60 Å². The number of carbonyl (C=O) groups is 1. The van der Waals surface area contributed by atoms with E-state index in [-0.39, 0.29) is 5.91 Å². The molecule has 2 bridgehead atoms. The van der Waals surface area contributed by atoms with E-state index in [2.05, 4.69) is 10.2 Å². The summed E-state index contributed by atoms with van der Waals surface area (Å²) in [5.41, 5.74) is -0.532. The highest BCUT2D eigenvalue weighted by atomic mass is 16.5. The number of piperidine rings is 2. The molecule has 2 unspecified atom stereocenters. The quantitative estimate of drug-likeness (QED) is 0.772. The van der Waals surface area contributed by atoms with Crippen molar-refractivity contribution in [2.45, 2.75) is 43.7 Å². The first-order valence-corrected chi connectivity index (χ1v) is 6.82. The zero-order valence-corrected chi connectivity index (χ0v) is 10.6. The second kappa shape index (κ2) is 4.25. The molecule has 0 spiro atoms. The SMILES string of the molecule is COC1(C(=O)N2CC3CCC2C3)CCNCC1. The van der Waals surface area contributed by atoms with Crippen LogP contribution in [0.25, 0.3) is 0 Å². The first kappa shape index (κ1) is 11.5. The molecule has 1 aliphatic carbocycles. The van der Waals surface area contributed by atoms with Crippen molar-refractivity contribution >= 4 is 5.91 Å². The molecular formula is C13H22N2O2. The molecule has 4 nitrogen and oxygen atoms in total. The van der Waals surface area contributed by atoms with E-state index < -0.39 is 5.60 Å². The highest BCUT2D eigenvalue weighted by molar-refractivity contribution is 5.86. The van der Waals surface area contributed by atoms with Gasteiger partial charge in [0.15, 0.2) is 0 Å². The lowest BCUT2D eigenvalue weighted by atomic mass is 9.89. The fourth-order valence-electron chi connectivity index (χ4n) is 3.77. The number of carbonyl (C=O) groups excluding carboxylic acids is 1. The van der Waals surface area contributed by atoms with E-state index in [0.29, 0.717) is 6.04 Å². The van der Waals surface area contributed by atoms with Crippen LogP contribution in [0.2, 0.25) is 0 Å². The first-order valence-electron chi connectivity index (χ1n) is 6.82. The Balaban J connectivity index is 1.75. The van der Waals surface area contributed by atoms with Crippen molar-refractivity contribution in [3.63, 3.8) is 0 Å². The van der Waals surface area contributed by atoms with E-state index in [4.69, 9.17) is 4.74 Å². The molecule has 0 aromatic carbocycles. The molecule has 3 fully saturated rings. The molecule has 96 valence electrons. The van der Waals surface area contributed by atoms with Gasteiger partial charge in [0.05, 0.1) is 0 Å². The maximum atomic E-state index is 12.7. The van der Waals surface area contributed by atoms with Crippen LogP contribution in [0.1, 0.15) is 32.1 Å². The number of hydrogen-bond acceptors (Lipinski definition) is 3. The molecule has 1 N–H and O–H groups in total. The van der Waals surface area contributed by atoms with Crippen LogP contribution in [0.4, 0.5) is 0 Å². The van der Waals surface area contributed by atoms with Crippen LogP contribution in [-0.4, -0.2) is 49.2 Å². The molecule has 2 aliphatic heterocycles. The molecule has 4 heteroatoms. The van der Waals surface area contributed by atoms with Gasteiger partial charge < -0.3 is 15.0 Å². The van der Waals surface area contributed by atoms with E-state index in [9.17, 15) is 4.79 Å². The molecule has 2 heterocycles. The average Bonchev–Trinajstić information content (AvgIpc) is 3.01. The van der Waals surface area contributed by atoms with Crippen molar-refractivity contribution in [2.75, 3.05) is 26.7 Å². The lowest BCUT2D eigenvalue weighted by molar-refractivity contribution is -0.160. The van der Waals surface area contributed by atoms with Gasteiger partial charge in [0.25, 0.3) is 5.91 Å². The highest BCUT2D eigenvalue weighted by Crippen LogP contribution is 2.39. The summed E-state index contributed by atoms with van der Waals surface area (Å²) in [6.07, 6.45) is 5.38. The van der Waals surface area contributed by atoms with Crippen molar-refractivity contribution < 1.29 is 9.53 Å². The number of amides is 1. The second-order valence-electron chi connectivity index (χ2n) is 5.74. The molecule has 0 radical (unpaired) electrons. The van der Waals surface area contributed by atoms with E-state index in [1.807, 2.05) is 0 Å². The van der Waals surface area contributed by atoms with Crippen LogP contribution in [0.3, 0.4) is 0 Å². The number of fused-ring (bicyclic) bond motifs is 2. The topological polar surface area (TPSA) is 41.6 Å². The van der Waals surface area contributed by atoms with Crippen LogP contribution >= 0.6 is 0 Å². The van der Waals surface area contributed by atoms with Crippen molar-refractivity contribution in [1.29, 1.82) is 0 Å². The minimum absolute atomic E-state index is 0.258. The monoisotopic (exact) mass is 238 g/mol. The number of rotatable bonds is 2. The van der Waals surface area contributed by atoms with Gasteiger partial charge in [-0.15, -0.1) is 0 Å². The number of methoxy groups -OCH3 is 1. The van der Waals surface area contributed by atoms with Crippen LogP contribution in [0, 0.1) is 5.92 Å². The summed E-state index contributed by atoms with van der Waals surface area (Å²) in [6, 6.07) is 0.509. The Hall–Kier alpha value is -0.610.